The highest BCUT2D eigenvalue weighted by Gasteiger charge is 2.35. The van der Waals surface area contributed by atoms with Crippen molar-refractivity contribution < 1.29 is 9.47 Å². The van der Waals surface area contributed by atoms with E-state index in [1.807, 2.05) is 7.85 Å². The second-order valence-corrected chi connectivity index (χ2v) is 3.08. The van der Waals surface area contributed by atoms with E-state index in [2.05, 4.69) is 6.07 Å². The quantitative estimate of drug-likeness (QED) is 0.510. The first-order chi connectivity index (χ1) is 5.20. The Bertz CT molecular complexity index is 180. The van der Waals surface area contributed by atoms with Crippen LogP contribution in [0.15, 0.2) is 0 Å². The molecule has 2 atom stereocenters. The largest absolute Gasteiger partial charge is 0.382 e. The second kappa shape index (κ2) is 3.25. The fourth-order valence-electron chi connectivity index (χ4n) is 1.31. The van der Waals surface area contributed by atoms with E-state index in [4.69, 9.17) is 14.7 Å². The summed E-state index contributed by atoms with van der Waals surface area (Å²) in [6, 6.07) is 2.15. The van der Waals surface area contributed by atoms with Gasteiger partial charge in [0.15, 0.2) is 7.85 Å². The maximum absolute atomic E-state index is 8.70. The molecular formula is C7H12BNO2. The Hall–Kier alpha value is -0.525. The number of nitriles is 1. The third-order valence-electron chi connectivity index (χ3n) is 1.96. The Balaban J connectivity index is 2.41. The molecule has 0 saturated carbocycles. The highest BCUT2D eigenvalue weighted by Crippen LogP contribution is 2.26. The SMILES string of the molecule is B[C@@]1(C#N)CC[C@@H](COC)O1. The summed E-state index contributed by atoms with van der Waals surface area (Å²) in [5, 5.41) is 8.70. The molecule has 0 aromatic rings. The molecule has 0 bridgehead atoms. The Labute approximate surface area is 67.7 Å². The summed E-state index contributed by atoms with van der Waals surface area (Å²) in [7, 11) is 3.47. The summed E-state index contributed by atoms with van der Waals surface area (Å²) in [4.78, 5) is 0. The van der Waals surface area contributed by atoms with Crippen LogP contribution in [0.25, 0.3) is 0 Å². The lowest BCUT2D eigenvalue weighted by Crippen LogP contribution is -2.28. The lowest BCUT2D eigenvalue weighted by molar-refractivity contribution is 0.000963. The van der Waals surface area contributed by atoms with Crippen molar-refractivity contribution in [2.75, 3.05) is 13.7 Å². The summed E-state index contributed by atoms with van der Waals surface area (Å²) in [6.45, 7) is 0.595. The summed E-state index contributed by atoms with van der Waals surface area (Å²) in [5.74, 6) is 0. The van der Waals surface area contributed by atoms with Crippen molar-refractivity contribution in [1.82, 2.24) is 0 Å². The zero-order valence-electron chi connectivity index (χ0n) is 6.96. The van der Waals surface area contributed by atoms with E-state index in [-0.39, 0.29) is 6.10 Å². The van der Waals surface area contributed by atoms with Crippen molar-refractivity contribution in [2.45, 2.75) is 24.4 Å². The van der Waals surface area contributed by atoms with Crippen LogP contribution < -0.4 is 0 Å². The van der Waals surface area contributed by atoms with Gasteiger partial charge in [-0.15, -0.1) is 0 Å². The van der Waals surface area contributed by atoms with Crippen LogP contribution in [-0.2, 0) is 9.47 Å². The van der Waals surface area contributed by atoms with Gasteiger partial charge in [0.1, 0.15) is 5.50 Å². The standard InChI is InChI=1S/C7H12BNO2/c1-10-4-6-2-3-7(8,5-9)11-6/h6H,2-4,8H2,1H3/t6-,7-/m0/s1. The predicted molar refractivity (Wildman–Crippen MR) is 42.9 cm³/mol. The molecule has 60 valence electrons. The molecule has 1 rings (SSSR count). The zero-order chi connectivity index (χ0) is 8.32. The molecule has 3 nitrogen and oxygen atoms in total. The van der Waals surface area contributed by atoms with Crippen molar-refractivity contribution in [1.29, 1.82) is 5.26 Å². The molecule has 1 aliphatic rings. The molecule has 0 unspecified atom stereocenters. The maximum Gasteiger partial charge on any atom is 0.162 e. The Kier molecular flexibility index (Phi) is 2.53. The summed E-state index contributed by atoms with van der Waals surface area (Å²) in [5.41, 5.74) is -0.566. The number of methoxy groups -OCH3 is 1. The minimum absolute atomic E-state index is 0.115. The van der Waals surface area contributed by atoms with Crippen LogP contribution in [0.2, 0.25) is 0 Å². The van der Waals surface area contributed by atoms with E-state index >= 15 is 0 Å². The monoisotopic (exact) mass is 153 g/mol. The molecule has 1 fully saturated rings. The van der Waals surface area contributed by atoms with Gasteiger partial charge in [0, 0.05) is 7.11 Å². The van der Waals surface area contributed by atoms with Crippen molar-refractivity contribution >= 4 is 7.85 Å². The minimum Gasteiger partial charge on any atom is -0.382 e. The van der Waals surface area contributed by atoms with Gasteiger partial charge in [0.05, 0.1) is 18.8 Å². The third kappa shape index (κ3) is 1.95. The van der Waals surface area contributed by atoms with Gasteiger partial charge in [0.2, 0.25) is 0 Å². The van der Waals surface area contributed by atoms with E-state index in [0.29, 0.717) is 6.61 Å². The van der Waals surface area contributed by atoms with Crippen LogP contribution >= 0.6 is 0 Å². The zero-order valence-corrected chi connectivity index (χ0v) is 6.96. The van der Waals surface area contributed by atoms with Gasteiger partial charge in [-0.2, -0.15) is 5.26 Å². The van der Waals surface area contributed by atoms with E-state index in [9.17, 15) is 0 Å². The molecule has 0 amide bonds. The Morgan fingerprint density at radius 2 is 2.64 bits per heavy atom. The molecule has 1 saturated heterocycles. The maximum atomic E-state index is 8.70. The molecule has 0 spiro atoms. The normalized spacial score (nSPS) is 36.9. The van der Waals surface area contributed by atoms with E-state index in [1.54, 1.807) is 7.11 Å². The lowest BCUT2D eigenvalue weighted by atomic mass is 9.81. The van der Waals surface area contributed by atoms with E-state index in [0.717, 1.165) is 12.8 Å². The average Bonchev–Trinajstić information content (AvgIpc) is 2.35. The summed E-state index contributed by atoms with van der Waals surface area (Å²) in [6.07, 6.45) is 1.86. The highest BCUT2D eigenvalue weighted by molar-refractivity contribution is 6.16. The molecule has 4 heteroatoms. The second-order valence-electron chi connectivity index (χ2n) is 3.08. The molecular weight excluding hydrogens is 141 g/mol. The number of ether oxygens (including phenoxy) is 2. The van der Waals surface area contributed by atoms with E-state index < -0.39 is 5.50 Å². The van der Waals surface area contributed by atoms with Gasteiger partial charge in [0.25, 0.3) is 0 Å². The summed E-state index contributed by atoms with van der Waals surface area (Å²) >= 11 is 0. The first-order valence-electron chi connectivity index (χ1n) is 3.78. The minimum atomic E-state index is -0.566. The van der Waals surface area contributed by atoms with Crippen LogP contribution in [-0.4, -0.2) is 33.2 Å². The summed E-state index contributed by atoms with van der Waals surface area (Å²) < 4.78 is 10.4. The molecule has 1 aliphatic heterocycles. The Morgan fingerprint density at radius 3 is 3.09 bits per heavy atom. The Morgan fingerprint density at radius 1 is 1.91 bits per heavy atom. The highest BCUT2D eigenvalue weighted by atomic mass is 16.5. The number of rotatable bonds is 2. The van der Waals surface area contributed by atoms with Crippen LogP contribution in [0.4, 0.5) is 0 Å². The van der Waals surface area contributed by atoms with Crippen LogP contribution in [0.5, 0.6) is 0 Å². The van der Waals surface area contributed by atoms with Gasteiger partial charge in [-0.25, -0.2) is 0 Å². The fraction of sp³-hybridized carbons (Fsp3) is 0.857. The van der Waals surface area contributed by atoms with Crippen molar-refractivity contribution in [3.63, 3.8) is 0 Å². The first-order valence-corrected chi connectivity index (χ1v) is 3.78. The molecule has 0 radical (unpaired) electrons. The lowest BCUT2D eigenvalue weighted by Gasteiger charge is -2.15. The van der Waals surface area contributed by atoms with Crippen molar-refractivity contribution in [2.24, 2.45) is 0 Å². The number of hydrogen-bond donors (Lipinski definition) is 0. The number of nitrogens with zero attached hydrogens (tertiary/aromatic N) is 1. The van der Waals surface area contributed by atoms with Crippen molar-refractivity contribution in [3.8, 4) is 6.07 Å². The average molecular weight is 153 g/mol. The molecule has 0 aliphatic carbocycles. The van der Waals surface area contributed by atoms with Gasteiger partial charge < -0.3 is 9.47 Å². The van der Waals surface area contributed by atoms with E-state index in [1.165, 1.54) is 0 Å². The predicted octanol–water partition coefficient (Wildman–Crippen LogP) is -0.335. The van der Waals surface area contributed by atoms with Crippen LogP contribution in [0, 0.1) is 11.3 Å². The third-order valence-corrected chi connectivity index (χ3v) is 1.96. The fourth-order valence-corrected chi connectivity index (χ4v) is 1.31. The van der Waals surface area contributed by atoms with Gasteiger partial charge in [-0.1, -0.05) is 0 Å². The van der Waals surface area contributed by atoms with Crippen LogP contribution in [0.3, 0.4) is 0 Å². The molecule has 11 heavy (non-hydrogen) atoms. The first kappa shape index (κ1) is 8.57. The van der Waals surface area contributed by atoms with Crippen molar-refractivity contribution in [3.05, 3.63) is 0 Å². The topological polar surface area (TPSA) is 42.2 Å². The van der Waals surface area contributed by atoms with Gasteiger partial charge in [-0.05, 0) is 12.8 Å². The molecule has 0 aromatic heterocycles. The molecule has 0 aromatic carbocycles. The van der Waals surface area contributed by atoms with Gasteiger partial charge >= 0.3 is 0 Å². The number of hydrogen-bond acceptors (Lipinski definition) is 3. The molecule has 0 N–H and O–H groups in total. The smallest absolute Gasteiger partial charge is 0.162 e. The van der Waals surface area contributed by atoms with Gasteiger partial charge in [-0.3, -0.25) is 0 Å². The van der Waals surface area contributed by atoms with Crippen LogP contribution in [0.1, 0.15) is 12.8 Å². The molecule has 1 heterocycles.